The quantitative estimate of drug-likeness (QED) is 0.866. The summed E-state index contributed by atoms with van der Waals surface area (Å²) in [4.78, 5) is 12.0. The van der Waals surface area contributed by atoms with E-state index in [0.29, 0.717) is 13.2 Å². The lowest BCUT2D eigenvalue weighted by Crippen LogP contribution is -2.23. The molecule has 0 heterocycles. The first-order valence-corrected chi connectivity index (χ1v) is 7.43. The van der Waals surface area contributed by atoms with Crippen LogP contribution in [-0.2, 0) is 6.54 Å². The van der Waals surface area contributed by atoms with Crippen LogP contribution in [0.5, 0.6) is 5.75 Å². The zero-order valence-corrected chi connectivity index (χ0v) is 13.0. The Bertz CT molecular complexity index is 644. The van der Waals surface area contributed by atoms with E-state index in [2.05, 4.69) is 5.32 Å². The first-order chi connectivity index (χ1) is 10.6. The largest absolute Gasteiger partial charge is 0.494 e. The molecule has 0 aromatic heterocycles. The predicted molar refractivity (Wildman–Crippen MR) is 84.8 cm³/mol. The van der Waals surface area contributed by atoms with Gasteiger partial charge in [0.05, 0.1) is 17.2 Å². The highest BCUT2D eigenvalue weighted by molar-refractivity contribution is 6.33. The first-order valence-electron chi connectivity index (χ1n) is 7.05. The van der Waals surface area contributed by atoms with Gasteiger partial charge in [-0.3, -0.25) is 4.79 Å². The summed E-state index contributed by atoms with van der Waals surface area (Å²) in [6.45, 7) is 3.05. The van der Waals surface area contributed by atoms with Crippen LogP contribution in [-0.4, -0.2) is 12.5 Å². The van der Waals surface area contributed by atoms with Gasteiger partial charge in [0.1, 0.15) is 11.6 Å². The number of benzene rings is 2. The zero-order chi connectivity index (χ0) is 15.9. The molecule has 0 spiro atoms. The molecule has 0 aliphatic rings. The maximum absolute atomic E-state index is 13.2. The second-order valence-electron chi connectivity index (χ2n) is 4.80. The molecule has 0 saturated heterocycles. The van der Waals surface area contributed by atoms with Gasteiger partial charge in [-0.1, -0.05) is 30.7 Å². The fraction of sp³-hybridized carbons (Fsp3) is 0.235. The van der Waals surface area contributed by atoms with Crippen LogP contribution >= 0.6 is 11.6 Å². The van der Waals surface area contributed by atoms with Crippen LogP contribution in [0.15, 0.2) is 42.5 Å². The minimum atomic E-state index is -0.494. The minimum absolute atomic E-state index is 0.129. The van der Waals surface area contributed by atoms with Crippen molar-refractivity contribution in [3.05, 3.63) is 64.4 Å². The fourth-order valence-electron chi connectivity index (χ4n) is 1.87. The van der Waals surface area contributed by atoms with Gasteiger partial charge in [-0.25, -0.2) is 4.39 Å². The zero-order valence-electron chi connectivity index (χ0n) is 12.2. The molecule has 0 aliphatic carbocycles. The molecule has 0 unspecified atom stereocenters. The lowest BCUT2D eigenvalue weighted by molar-refractivity contribution is 0.0950. The van der Waals surface area contributed by atoms with E-state index in [1.54, 1.807) is 0 Å². The van der Waals surface area contributed by atoms with Crippen LogP contribution in [0, 0.1) is 5.82 Å². The highest BCUT2D eigenvalue weighted by Crippen LogP contribution is 2.17. The molecule has 0 aliphatic heterocycles. The van der Waals surface area contributed by atoms with E-state index in [1.165, 1.54) is 12.1 Å². The highest BCUT2D eigenvalue weighted by atomic mass is 35.5. The SMILES string of the molecule is CCCOc1ccc(CNC(=O)c2cc(F)ccc2Cl)cc1. The summed E-state index contributed by atoms with van der Waals surface area (Å²) in [7, 11) is 0. The molecule has 22 heavy (non-hydrogen) atoms. The summed E-state index contributed by atoms with van der Waals surface area (Å²) in [6, 6.07) is 11.2. The third-order valence-electron chi connectivity index (χ3n) is 3.02. The maximum Gasteiger partial charge on any atom is 0.253 e. The average Bonchev–Trinajstić information content (AvgIpc) is 2.54. The second kappa shape index (κ2) is 7.80. The molecule has 3 nitrogen and oxygen atoms in total. The van der Waals surface area contributed by atoms with Crippen molar-refractivity contribution in [2.45, 2.75) is 19.9 Å². The summed E-state index contributed by atoms with van der Waals surface area (Å²) in [6.07, 6.45) is 0.951. The number of rotatable bonds is 6. The average molecular weight is 322 g/mol. The Labute approximate surface area is 134 Å². The van der Waals surface area contributed by atoms with Crippen molar-refractivity contribution >= 4 is 17.5 Å². The van der Waals surface area contributed by atoms with Crippen LogP contribution in [0.2, 0.25) is 5.02 Å². The Morgan fingerprint density at radius 2 is 1.95 bits per heavy atom. The number of amides is 1. The molecule has 116 valence electrons. The van der Waals surface area contributed by atoms with E-state index >= 15 is 0 Å². The van der Waals surface area contributed by atoms with Crippen molar-refractivity contribution < 1.29 is 13.9 Å². The minimum Gasteiger partial charge on any atom is -0.494 e. The van der Waals surface area contributed by atoms with Gasteiger partial charge in [-0.2, -0.15) is 0 Å². The van der Waals surface area contributed by atoms with Gasteiger partial charge in [0.25, 0.3) is 5.91 Å². The van der Waals surface area contributed by atoms with Crippen molar-refractivity contribution in [2.75, 3.05) is 6.61 Å². The summed E-state index contributed by atoms with van der Waals surface area (Å²) < 4.78 is 18.7. The monoisotopic (exact) mass is 321 g/mol. The van der Waals surface area contributed by atoms with Crippen LogP contribution in [0.3, 0.4) is 0 Å². The topological polar surface area (TPSA) is 38.3 Å². The number of hydrogen-bond donors (Lipinski definition) is 1. The molecular formula is C17H17ClFNO2. The maximum atomic E-state index is 13.2. The van der Waals surface area contributed by atoms with Crippen LogP contribution in [0.25, 0.3) is 0 Å². The van der Waals surface area contributed by atoms with E-state index in [1.807, 2.05) is 31.2 Å². The Kier molecular flexibility index (Phi) is 5.78. The van der Waals surface area contributed by atoms with Gasteiger partial charge in [-0.05, 0) is 42.3 Å². The number of carbonyl (C=O) groups is 1. The van der Waals surface area contributed by atoms with Crippen LogP contribution in [0.4, 0.5) is 4.39 Å². The number of carbonyl (C=O) groups excluding carboxylic acids is 1. The highest BCUT2D eigenvalue weighted by Gasteiger charge is 2.11. The Hall–Kier alpha value is -2.07. The summed E-state index contributed by atoms with van der Waals surface area (Å²) in [5.41, 5.74) is 1.05. The lowest BCUT2D eigenvalue weighted by Gasteiger charge is -2.08. The van der Waals surface area contributed by atoms with E-state index in [9.17, 15) is 9.18 Å². The van der Waals surface area contributed by atoms with Crippen molar-refractivity contribution in [3.8, 4) is 5.75 Å². The molecule has 1 amide bonds. The third kappa shape index (κ3) is 4.46. The van der Waals surface area contributed by atoms with Crippen molar-refractivity contribution in [2.24, 2.45) is 0 Å². The third-order valence-corrected chi connectivity index (χ3v) is 3.35. The summed E-state index contributed by atoms with van der Waals surface area (Å²) in [5, 5.41) is 2.94. The smallest absolute Gasteiger partial charge is 0.253 e. The molecular weight excluding hydrogens is 305 g/mol. The molecule has 0 fully saturated rings. The van der Waals surface area contributed by atoms with Crippen molar-refractivity contribution in [1.82, 2.24) is 5.32 Å². The molecule has 0 bridgehead atoms. The Morgan fingerprint density at radius 3 is 2.64 bits per heavy atom. The predicted octanol–water partition coefficient (Wildman–Crippen LogP) is 4.20. The van der Waals surface area contributed by atoms with Crippen LogP contribution in [0.1, 0.15) is 29.3 Å². The van der Waals surface area contributed by atoms with Gasteiger partial charge in [-0.15, -0.1) is 0 Å². The number of nitrogens with one attached hydrogen (secondary N) is 1. The normalized spacial score (nSPS) is 10.3. The molecule has 1 N–H and O–H groups in total. The molecule has 0 atom stereocenters. The van der Waals surface area contributed by atoms with Gasteiger partial charge in [0.2, 0.25) is 0 Å². The molecule has 0 saturated carbocycles. The molecule has 2 aromatic carbocycles. The van der Waals surface area contributed by atoms with Crippen molar-refractivity contribution in [1.29, 1.82) is 0 Å². The Morgan fingerprint density at radius 1 is 1.23 bits per heavy atom. The van der Waals surface area contributed by atoms with Crippen molar-refractivity contribution in [3.63, 3.8) is 0 Å². The number of ether oxygens (including phenoxy) is 1. The second-order valence-corrected chi connectivity index (χ2v) is 5.21. The van der Waals surface area contributed by atoms with E-state index in [0.717, 1.165) is 23.8 Å². The Balaban J connectivity index is 1.94. The fourth-order valence-corrected chi connectivity index (χ4v) is 2.08. The van der Waals surface area contributed by atoms with Crippen LogP contribution < -0.4 is 10.1 Å². The van der Waals surface area contributed by atoms with E-state index < -0.39 is 11.7 Å². The first kappa shape index (κ1) is 16.3. The van der Waals surface area contributed by atoms with Gasteiger partial charge in [0, 0.05) is 6.54 Å². The van der Waals surface area contributed by atoms with Gasteiger partial charge < -0.3 is 10.1 Å². The van der Waals surface area contributed by atoms with E-state index in [4.69, 9.17) is 16.3 Å². The standard InChI is InChI=1S/C17H17ClFNO2/c1-2-9-22-14-6-3-12(4-7-14)11-20-17(21)15-10-13(19)5-8-16(15)18/h3-8,10H,2,9,11H2,1H3,(H,20,21). The molecule has 2 rings (SSSR count). The lowest BCUT2D eigenvalue weighted by atomic mass is 10.2. The molecule has 5 heteroatoms. The number of halogens is 2. The molecule has 2 aromatic rings. The summed E-state index contributed by atoms with van der Waals surface area (Å²) >= 11 is 5.90. The van der Waals surface area contributed by atoms with Gasteiger partial charge in [0.15, 0.2) is 0 Å². The van der Waals surface area contributed by atoms with E-state index in [-0.39, 0.29) is 10.6 Å². The molecule has 0 radical (unpaired) electrons. The summed E-state index contributed by atoms with van der Waals surface area (Å²) in [5.74, 6) is -0.104. The number of hydrogen-bond acceptors (Lipinski definition) is 2. The van der Waals surface area contributed by atoms with Gasteiger partial charge >= 0.3 is 0 Å².